The summed E-state index contributed by atoms with van der Waals surface area (Å²) >= 11 is 7.02. The number of nitrogens with zero attached hydrogens (tertiary/aromatic N) is 4. The Kier molecular flexibility index (Phi) is 6.07. The number of alkyl halides is 2. The highest BCUT2D eigenvalue weighted by Crippen LogP contribution is 2.26. The number of thioether (sulfide) groups is 1. The van der Waals surface area contributed by atoms with Gasteiger partial charge in [-0.05, 0) is 36.6 Å². The molecule has 0 N–H and O–H groups in total. The minimum absolute atomic E-state index is 0.0458. The SMILES string of the molecule is CSc1nnc(C(F)F)n1/N=C/c1ccc(COc2ccc(F)cc2Cl)o1. The first-order valence-electron chi connectivity index (χ1n) is 7.46. The number of furan rings is 1. The second kappa shape index (κ2) is 8.49. The van der Waals surface area contributed by atoms with Gasteiger partial charge in [0.2, 0.25) is 11.0 Å². The summed E-state index contributed by atoms with van der Waals surface area (Å²) in [6.07, 6.45) is 0.133. The number of halogens is 4. The second-order valence-electron chi connectivity index (χ2n) is 5.07. The minimum Gasteiger partial charge on any atom is -0.484 e. The molecule has 1 aromatic carbocycles. The molecule has 3 aromatic rings. The summed E-state index contributed by atoms with van der Waals surface area (Å²) in [5.74, 6) is 0.0437. The predicted molar refractivity (Wildman–Crippen MR) is 94.2 cm³/mol. The summed E-state index contributed by atoms with van der Waals surface area (Å²) in [6, 6.07) is 7.00. The largest absolute Gasteiger partial charge is 0.484 e. The Morgan fingerprint density at radius 3 is 2.85 bits per heavy atom. The number of benzene rings is 1. The first-order chi connectivity index (χ1) is 13.0. The Labute approximate surface area is 161 Å². The standard InChI is InChI=1S/C16H12ClF3N4O2S/c1-27-16-23-22-15(14(19)20)24(16)21-7-10-3-4-11(26-10)8-25-13-5-2-9(18)6-12(13)17/h2-7,14H,8H2,1H3/b21-7+. The van der Waals surface area contributed by atoms with Crippen molar-refractivity contribution in [3.63, 3.8) is 0 Å². The molecule has 142 valence electrons. The summed E-state index contributed by atoms with van der Waals surface area (Å²) in [4.78, 5) is 0. The normalized spacial score (nSPS) is 11.6. The molecule has 0 bridgehead atoms. The van der Waals surface area contributed by atoms with Gasteiger partial charge in [-0.15, -0.1) is 10.2 Å². The zero-order valence-corrected chi connectivity index (χ0v) is 15.3. The van der Waals surface area contributed by atoms with Gasteiger partial charge < -0.3 is 9.15 Å². The maximum Gasteiger partial charge on any atom is 0.299 e. The van der Waals surface area contributed by atoms with Gasteiger partial charge in [-0.25, -0.2) is 13.2 Å². The molecule has 0 saturated carbocycles. The highest BCUT2D eigenvalue weighted by Gasteiger charge is 2.19. The number of ether oxygens (including phenoxy) is 1. The lowest BCUT2D eigenvalue weighted by Crippen LogP contribution is -2.00. The van der Waals surface area contributed by atoms with Gasteiger partial charge in [-0.3, -0.25) is 0 Å². The quantitative estimate of drug-likeness (QED) is 0.409. The maximum absolute atomic E-state index is 13.0. The Balaban J connectivity index is 1.69. The van der Waals surface area contributed by atoms with E-state index in [1.807, 2.05) is 0 Å². The molecule has 0 aliphatic heterocycles. The monoisotopic (exact) mass is 416 g/mol. The van der Waals surface area contributed by atoms with E-state index in [2.05, 4.69) is 15.3 Å². The summed E-state index contributed by atoms with van der Waals surface area (Å²) in [5.41, 5.74) is 0. The van der Waals surface area contributed by atoms with Crippen molar-refractivity contribution in [3.05, 3.63) is 58.5 Å². The van der Waals surface area contributed by atoms with Crippen LogP contribution in [0.3, 0.4) is 0 Å². The van der Waals surface area contributed by atoms with Crippen LogP contribution in [0.1, 0.15) is 23.8 Å². The van der Waals surface area contributed by atoms with E-state index in [4.69, 9.17) is 20.8 Å². The van der Waals surface area contributed by atoms with Crippen molar-refractivity contribution in [2.24, 2.45) is 5.10 Å². The lowest BCUT2D eigenvalue weighted by molar-refractivity contribution is 0.135. The van der Waals surface area contributed by atoms with Crippen LogP contribution in [-0.2, 0) is 6.61 Å². The zero-order valence-electron chi connectivity index (χ0n) is 13.8. The lowest BCUT2D eigenvalue weighted by Gasteiger charge is -2.06. The van der Waals surface area contributed by atoms with E-state index >= 15 is 0 Å². The van der Waals surface area contributed by atoms with Gasteiger partial charge in [-0.1, -0.05) is 23.4 Å². The molecule has 2 heterocycles. The molecule has 0 atom stereocenters. The Bertz CT molecular complexity index is 961. The van der Waals surface area contributed by atoms with Crippen LogP contribution in [-0.4, -0.2) is 27.3 Å². The van der Waals surface area contributed by atoms with Crippen LogP contribution in [0, 0.1) is 5.82 Å². The van der Waals surface area contributed by atoms with E-state index in [0.717, 1.165) is 22.5 Å². The van der Waals surface area contributed by atoms with Gasteiger partial charge in [0.25, 0.3) is 6.43 Å². The van der Waals surface area contributed by atoms with E-state index in [-0.39, 0.29) is 16.8 Å². The number of hydrogen-bond donors (Lipinski definition) is 0. The zero-order chi connectivity index (χ0) is 19.4. The van der Waals surface area contributed by atoms with E-state index in [9.17, 15) is 13.2 Å². The van der Waals surface area contributed by atoms with Crippen LogP contribution in [0.2, 0.25) is 5.02 Å². The molecule has 0 aliphatic rings. The first-order valence-corrected chi connectivity index (χ1v) is 9.06. The van der Waals surface area contributed by atoms with Crippen molar-refractivity contribution >= 4 is 29.6 Å². The smallest absolute Gasteiger partial charge is 0.299 e. The molecule has 0 aliphatic carbocycles. The van der Waals surface area contributed by atoms with Gasteiger partial charge in [0.15, 0.2) is 0 Å². The average Bonchev–Trinajstić information content (AvgIpc) is 3.25. The minimum atomic E-state index is -2.81. The van der Waals surface area contributed by atoms with E-state index in [1.165, 1.54) is 18.3 Å². The van der Waals surface area contributed by atoms with Gasteiger partial charge >= 0.3 is 0 Å². The van der Waals surface area contributed by atoms with Crippen molar-refractivity contribution in [3.8, 4) is 5.75 Å². The van der Waals surface area contributed by atoms with E-state index in [0.29, 0.717) is 17.3 Å². The molecule has 0 saturated heterocycles. The molecular formula is C16H12ClF3N4O2S. The van der Waals surface area contributed by atoms with Gasteiger partial charge in [0.05, 0.1) is 11.2 Å². The molecule has 3 rings (SSSR count). The van der Waals surface area contributed by atoms with Crippen LogP contribution < -0.4 is 4.74 Å². The van der Waals surface area contributed by atoms with Crippen LogP contribution in [0.5, 0.6) is 5.75 Å². The molecule has 0 unspecified atom stereocenters. The molecule has 0 radical (unpaired) electrons. The van der Waals surface area contributed by atoms with E-state index < -0.39 is 18.1 Å². The van der Waals surface area contributed by atoms with Crippen molar-refractivity contribution in [2.45, 2.75) is 18.2 Å². The fraction of sp³-hybridized carbons (Fsp3) is 0.188. The van der Waals surface area contributed by atoms with Crippen LogP contribution in [0.4, 0.5) is 13.2 Å². The number of hydrogen-bond acceptors (Lipinski definition) is 6. The lowest BCUT2D eigenvalue weighted by atomic mass is 10.3. The van der Waals surface area contributed by atoms with Gasteiger partial charge in [-0.2, -0.15) is 9.78 Å². The molecular weight excluding hydrogens is 405 g/mol. The predicted octanol–water partition coefficient (Wildman–Crippen LogP) is 4.78. The van der Waals surface area contributed by atoms with Gasteiger partial charge in [0.1, 0.15) is 29.7 Å². The third-order valence-corrected chi connectivity index (χ3v) is 4.18. The van der Waals surface area contributed by atoms with Crippen molar-refractivity contribution in [1.82, 2.24) is 14.9 Å². The first kappa shape index (κ1) is 19.3. The third-order valence-electron chi connectivity index (χ3n) is 3.26. The Hall–Kier alpha value is -2.46. The van der Waals surface area contributed by atoms with Crippen molar-refractivity contribution < 1.29 is 22.3 Å². The summed E-state index contributed by atoms with van der Waals surface area (Å²) < 4.78 is 50.8. The summed E-state index contributed by atoms with van der Waals surface area (Å²) in [6.45, 7) is 0.0458. The molecule has 0 fully saturated rings. The maximum atomic E-state index is 13.0. The molecule has 27 heavy (non-hydrogen) atoms. The van der Waals surface area contributed by atoms with Crippen LogP contribution in [0.15, 0.2) is 45.0 Å². The topological polar surface area (TPSA) is 65.4 Å². The van der Waals surface area contributed by atoms with Crippen molar-refractivity contribution in [1.29, 1.82) is 0 Å². The highest BCUT2D eigenvalue weighted by molar-refractivity contribution is 7.98. The van der Waals surface area contributed by atoms with Gasteiger partial charge in [0, 0.05) is 0 Å². The summed E-state index contributed by atoms with van der Waals surface area (Å²) in [7, 11) is 0. The fourth-order valence-electron chi connectivity index (χ4n) is 2.05. The number of rotatable bonds is 7. The molecule has 6 nitrogen and oxygen atoms in total. The Morgan fingerprint density at radius 2 is 2.15 bits per heavy atom. The van der Waals surface area contributed by atoms with E-state index in [1.54, 1.807) is 18.4 Å². The fourth-order valence-corrected chi connectivity index (χ4v) is 2.70. The molecule has 11 heteroatoms. The number of aromatic nitrogens is 3. The molecule has 0 amide bonds. The van der Waals surface area contributed by atoms with Crippen molar-refractivity contribution in [2.75, 3.05) is 6.26 Å². The Morgan fingerprint density at radius 1 is 1.33 bits per heavy atom. The average molecular weight is 417 g/mol. The second-order valence-corrected chi connectivity index (χ2v) is 6.25. The molecule has 0 spiro atoms. The van der Waals surface area contributed by atoms with Crippen LogP contribution in [0.25, 0.3) is 0 Å². The summed E-state index contributed by atoms with van der Waals surface area (Å²) in [5, 5.41) is 11.4. The third kappa shape index (κ3) is 4.64. The van der Waals surface area contributed by atoms with Crippen LogP contribution >= 0.6 is 23.4 Å². The molecule has 2 aromatic heterocycles. The highest BCUT2D eigenvalue weighted by atomic mass is 35.5.